The highest BCUT2D eigenvalue weighted by Gasteiger charge is 2.39. The monoisotopic (exact) mass is 856 g/mol. The molecular weight excluding hydrogens is 777 g/mol. The molecule has 0 aromatic carbocycles. The molecule has 0 bridgehead atoms. The van der Waals surface area contributed by atoms with Gasteiger partial charge in [0, 0.05) is 44.6 Å². The van der Waals surface area contributed by atoms with Crippen molar-refractivity contribution in [3.8, 4) is 0 Å². The summed E-state index contributed by atoms with van der Waals surface area (Å²) in [4.78, 5) is 47.7. The number of furan rings is 1. The Kier molecular flexibility index (Phi) is 27.4. The van der Waals surface area contributed by atoms with Gasteiger partial charge in [-0.3, -0.25) is 23.4 Å². The number of Topliss-reactive ketones (excluding diaryl/α,β-unsaturated/α-hetero) is 1. The Hall–Kier alpha value is -2.38. The van der Waals surface area contributed by atoms with Crippen LogP contribution in [-0.4, -0.2) is 77.5 Å². The van der Waals surface area contributed by atoms with E-state index in [-0.39, 0.29) is 50.7 Å². The predicted octanol–water partition coefficient (Wildman–Crippen LogP) is 8.85. The maximum atomic E-state index is 12.7. The summed E-state index contributed by atoms with van der Waals surface area (Å²) in [6.07, 6.45) is 20.0. The van der Waals surface area contributed by atoms with Gasteiger partial charge >= 0.3 is 19.8 Å². The third kappa shape index (κ3) is 22.3. The Morgan fingerprint density at radius 2 is 1.44 bits per heavy atom. The SMILES string of the molecule is CCCCC[C@H](O)/C=C/[C@H]1C(=O)C[C@H](O)[C@@H]1CCCCCCC(=O)OC[C@H](COP(=O)(O)OCCN)OC(=O)CCCCCCCCCCc1oc(CCC)c(C)c1C. The quantitative estimate of drug-likeness (QED) is 0.0218. The molecule has 5 N–H and O–H groups in total. The van der Waals surface area contributed by atoms with Crippen LogP contribution in [0.2, 0.25) is 0 Å². The molecule has 0 radical (unpaired) electrons. The number of unbranched alkanes of at least 4 members (excludes halogenated alkanes) is 12. The molecule has 2 rings (SSSR count). The van der Waals surface area contributed by atoms with Gasteiger partial charge < -0.3 is 34.7 Å². The van der Waals surface area contributed by atoms with Crippen molar-refractivity contribution in [1.82, 2.24) is 0 Å². The van der Waals surface area contributed by atoms with Crippen LogP contribution in [0.5, 0.6) is 0 Å². The lowest BCUT2D eigenvalue weighted by atomic mass is 9.88. The Morgan fingerprint density at radius 3 is 2.08 bits per heavy atom. The normalized spacial score (nSPS) is 19.0. The summed E-state index contributed by atoms with van der Waals surface area (Å²) in [7, 11) is -4.45. The van der Waals surface area contributed by atoms with Gasteiger partial charge in [-0.1, -0.05) is 103 Å². The lowest BCUT2D eigenvalue weighted by molar-refractivity contribution is -0.161. The molecule has 0 amide bonds. The van der Waals surface area contributed by atoms with Crippen LogP contribution < -0.4 is 5.73 Å². The number of hydrogen-bond donors (Lipinski definition) is 4. The minimum atomic E-state index is -4.45. The second-order valence-corrected chi connectivity index (χ2v) is 17.7. The topological polar surface area (TPSA) is 205 Å². The van der Waals surface area contributed by atoms with E-state index in [2.05, 4.69) is 27.7 Å². The molecule has 1 aromatic rings. The third-order valence-corrected chi connectivity index (χ3v) is 12.2. The summed E-state index contributed by atoms with van der Waals surface area (Å²) in [6, 6.07) is 0. The number of rotatable bonds is 35. The molecule has 0 spiro atoms. The van der Waals surface area contributed by atoms with E-state index in [0.29, 0.717) is 25.7 Å². The number of hydrogen-bond acceptors (Lipinski definition) is 12. The van der Waals surface area contributed by atoms with Gasteiger partial charge in [-0.15, -0.1) is 0 Å². The largest absolute Gasteiger partial charge is 0.472 e. The van der Waals surface area contributed by atoms with Gasteiger partial charge in [0.1, 0.15) is 23.9 Å². The molecule has 1 unspecified atom stereocenters. The summed E-state index contributed by atoms with van der Waals surface area (Å²) in [6.45, 7) is 7.56. The molecule has 340 valence electrons. The van der Waals surface area contributed by atoms with E-state index in [0.717, 1.165) is 114 Å². The Morgan fingerprint density at radius 1 is 0.831 bits per heavy atom. The van der Waals surface area contributed by atoms with Crippen LogP contribution in [0.1, 0.15) is 171 Å². The van der Waals surface area contributed by atoms with Crippen molar-refractivity contribution in [2.24, 2.45) is 17.6 Å². The molecule has 1 aliphatic rings. The molecule has 1 fully saturated rings. The smallest absolute Gasteiger partial charge is 0.466 e. The van der Waals surface area contributed by atoms with Crippen LogP contribution in [0.3, 0.4) is 0 Å². The van der Waals surface area contributed by atoms with Crippen LogP contribution in [0.15, 0.2) is 16.6 Å². The van der Waals surface area contributed by atoms with Crippen molar-refractivity contribution in [2.45, 2.75) is 194 Å². The number of aliphatic hydroxyl groups excluding tert-OH is 2. The highest BCUT2D eigenvalue weighted by molar-refractivity contribution is 7.47. The number of aryl methyl sites for hydroxylation is 2. The van der Waals surface area contributed by atoms with Gasteiger partial charge in [0.25, 0.3) is 0 Å². The number of ketones is 1. The number of phosphoric acid groups is 1. The van der Waals surface area contributed by atoms with Crippen molar-refractivity contribution in [2.75, 3.05) is 26.4 Å². The minimum absolute atomic E-state index is 0.00185. The molecule has 6 atom stereocenters. The van der Waals surface area contributed by atoms with Crippen LogP contribution in [0, 0.1) is 25.7 Å². The second-order valence-electron chi connectivity index (χ2n) is 16.3. The van der Waals surface area contributed by atoms with E-state index < -0.39 is 50.6 Å². The van der Waals surface area contributed by atoms with Crippen molar-refractivity contribution in [3.63, 3.8) is 0 Å². The van der Waals surface area contributed by atoms with Crippen molar-refractivity contribution >= 4 is 25.5 Å². The fraction of sp³-hybridized carbons (Fsp3) is 0.800. The van der Waals surface area contributed by atoms with E-state index in [1.54, 1.807) is 12.2 Å². The average molecular weight is 856 g/mol. The number of ether oxygens (including phenoxy) is 2. The highest BCUT2D eigenvalue weighted by atomic mass is 31.2. The second kappa shape index (κ2) is 30.6. The van der Waals surface area contributed by atoms with E-state index >= 15 is 0 Å². The lowest BCUT2D eigenvalue weighted by Crippen LogP contribution is -2.29. The van der Waals surface area contributed by atoms with Crippen molar-refractivity contribution in [3.05, 3.63) is 34.8 Å². The Labute approximate surface area is 354 Å². The maximum Gasteiger partial charge on any atom is 0.472 e. The molecule has 14 heteroatoms. The summed E-state index contributed by atoms with van der Waals surface area (Å²) in [5, 5.41) is 20.8. The number of carbonyl (C=O) groups is 3. The van der Waals surface area contributed by atoms with Crippen LogP contribution in [-0.2, 0) is 50.3 Å². The van der Waals surface area contributed by atoms with Crippen LogP contribution in [0.4, 0.5) is 0 Å². The van der Waals surface area contributed by atoms with Crippen molar-refractivity contribution < 1.29 is 57.0 Å². The first kappa shape index (κ1) is 52.8. The minimum Gasteiger partial charge on any atom is -0.466 e. The molecule has 0 aliphatic heterocycles. The molecular formula is C45H78NO12P. The first-order valence-corrected chi connectivity index (χ1v) is 24.1. The lowest BCUT2D eigenvalue weighted by Gasteiger charge is -2.20. The Bertz CT molecular complexity index is 1410. The summed E-state index contributed by atoms with van der Waals surface area (Å²) >= 11 is 0. The summed E-state index contributed by atoms with van der Waals surface area (Å²) < 4.78 is 39.0. The van der Waals surface area contributed by atoms with E-state index in [9.17, 15) is 34.1 Å². The van der Waals surface area contributed by atoms with Gasteiger partial charge in [0.05, 0.1) is 25.4 Å². The van der Waals surface area contributed by atoms with Gasteiger partial charge in [0.2, 0.25) is 0 Å². The molecule has 1 aliphatic carbocycles. The number of phosphoric ester groups is 1. The van der Waals surface area contributed by atoms with E-state index in [1.807, 2.05) is 0 Å². The molecule has 1 heterocycles. The summed E-state index contributed by atoms with van der Waals surface area (Å²) in [5.41, 5.74) is 7.94. The zero-order chi connectivity index (χ0) is 43.5. The number of esters is 2. The Balaban J connectivity index is 1.67. The molecule has 1 aromatic heterocycles. The molecule has 13 nitrogen and oxygen atoms in total. The van der Waals surface area contributed by atoms with Crippen LogP contribution >= 0.6 is 7.82 Å². The van der Waals surface area contributed by atoms with Gasteiger partial charge in [-0.05, 0) is 69.4 Å². The van der Waals surface area contributed by atoms with Crippen molar-refractivity contribution in [1.29, 1.82) is 0 Å². The summed E-state index contributed by atoms with van der Waals surface area (Å²) in [5.74, 6) is 0.678. The first-order chi connectivity index (χ1) is 28.3. The highest BCUT2D eigenvalue weighted by Crippen LogP contribution is 2.43. The first-order valence-electron chi connectivity index (χ1n) is 22.6. The molecule has 59 heavy (non-hydrogen) atoms. The number of carbonyl (C=O) groups excluding carboxylic acids is 3. The molecule has 1 saturated carbocycles. The molecule has 0 saturated heterocycles. The zero-order valence-corrected chi connectivity index (χ0v) is 37.6. The number of allylic oxidation sites excluding steroid dienone is 1. The van der Waals surface area contributed by atoms with E-state index in [4.69, 9.17) is 28.7 Å². The van der Waals surface area contributed by atoms with E-state index in [1.165, 1.54) is 11.1 Å². The zero-order valence-electron chi connectivity index (χ0n) is 36.7. The van der Waals surface area contributed by atoms with Gasteiger partial charge in [0.15, 0.2) is 6.10 Å². The predicted molar refractivity (Wildman–Crippen MR) is 229 cm³/mol. The van der Waals surface area contributed by atoms with Crippen LogP contribution in [0.25, 0.3) is 0 Å². The fourth-order valence-electron chi connectivity index (χ4n) is 7.59. The third-order valence-electron chi connectivity index (χ3n) is 11.2. The van der Waals surface area contributed by atoms with Gasteiger partial charge in [-0.2, -0.15) is 0 Å². The standard InChI is InChI=1S/C45H78NO12P/c1-5-7-16-22-36(47)27-28-39-38(40(48)31-41(39)49)23-17-14-15-19-25-44(50)54-32-37(33-56-59(52,53)55-30-29-46)57-45(51)26-20-13-11-9-8-10-12-18-24-43-35(4)34(3)42(58-43)21-6-2/h27-28,36-40,47-48H,5-26,29-33,46H2,1-4H3,(H,52,53)/b28-27+/t36-,37+,38+,39+,40-/m0/s1. The number of nitrogens with two attached hydrogens (primary N) is 1. The fourth-order valence-corrected chi connectivity index (χ4v) is 8.35. The van der Waals surface area contributed by atoms with Gasteiger partial charge in [-0.25, -0.2) is 4.57 Å². The number of aliphatic hydroxyl groups is 2. The average Bonchev–Trinajstić information content (AvgIpc) is 3.63. The maximum absolute atomic E-state index is 12.7.